The van der Waals surface area contributed by atoms with Crippen LogP contribution in [0.2, 0.25) is 0 Å². The Bertz CT molecular complexity index is 1900. The van der Waals surface area contributed by atoms with Crippen LogP contribution in [0.1, 0.15) is 10.4 Å². The summed E-state index contributed by atoms with van der Waals surface area (Å²) in [5.74, 6) is -0.344. The van der Waals surface area contributed by atoms with Gasteiger partial charge in [-0.05, 0) is 23.8 Å². The second kappa shape index (κ2) is 7.64. The minimum Gasteiger partial charge on any atom is -0.345 e. The molecule has 0 radical (unpaired) electrons. The average molecular weight is 481 g/mol. The number of aromatic nitrogens is 7. The summed E-state index contributed by atoms with van der Waals surface area (Å²) >= 11 is 0. The molecule has 0 bridgehead atoms. The van der Waals surface area contributed by atoms with Crippen LogP contribution in [0.3, 0.4) is 0 Å². The van der Waals surface area contributed by atoms with E-state index in [-0.39, 0.29) is 17.0 Å². The molecule has 6 rings (SSSR count). The third-order valence-corrected chi connectivity index (χ3v) is 6.69. The van der Waals surface area contributed by atoms with E-state index in [2.05, 4.69) is 32.3 Å². The summed E-state index contributed by atoms with van der Waals surface area (Å²) in [7, 11) is 8.73. The molecule has 0 fully saturated rings. The summed E-state index contributed by atoms with van der Waals surface area (Å²) < 4.78 is 5.07. The number of benzene rings is 1. The smallest absolute Gasteiger partial charge is 0.263 e. The second-order valence-electron chi connectivity index (χ2n) is 9.22. The largest absolute Gasteiger partial charge is 0.345 e. The number of aryl methyl sites for hydroxylation is 3. The van der Waals surface area contributed by atoms with E-state index >= 15 is 0 Å². The molecule has 0 aliphatic carbocycles. The van der Waals surface area contributed by atoms with Crippen LogP contribution in [0.15, 0.2) is 53.8 Å². The van der Waals surface area contributed by atoms with Gasteiger partial charge in [0.1, 0.15) is 11.2 Å². The summed E-state index contributed by atoms with van der Waals surface area (Å²) in [5, 5.41) is 11.3. The number of nitrogens with one attached hydrogen (secondary N) is 1. The monoisotopic (exact) mass is 480 g/mol. The Labute approximate surface area is 205 Å². The second-order valence-corrected chi connectivity index (χ2v) is 9.22. The lowest BCUT2D eigenvalue weighted by Gasteiger charge is -2.13. The van der Waals surface area contributed by atoms with E-state index in [4.69, 9.17) is 0 Å². The molecule has 10 nitrogen and oxygen atoms in total. The molecule has 1 N–H and O–H groups in total. The van der Waals surface area contributed by atoms with Crippen molar-refractivity contribution in [1.29, 1.82) is 0 Å². The molecule has 0 unspecified atom stereocenters. The number of pyridine rings is 2. The molecular weight excluding hydrogens is 456 g/mol. The minimum absolute atomic E-state index is 0.111. The molecule has 0 atom stereocenters. The van der Waals surface area contributed by atoms with E-state index in [9.17, 15) is 9.59 Å². The molecule has 0 aliphatic rings. The lowest BCUT2D eigenvalue weighted by molar-refractivity contribution is 0.0825. The Morgan fingerprint density at radius 1 is 0.972 bits per heavy atom. The Hall–Kier alpha value is -4.73. The van der Waals surface area contributed by atoms with Gasteiger partial charge in [-0.3, -0.25) is 19.0 Å². The predicted molar refractivity (Wildman–Crippen MR) is 139 cm³/mol. The number of carbonyl (C=O) groups is 1. The van der Waals surface area contributed by atoms with Crippen molar-refractivity contribution >= 4 is 38.7 Å². The third kappa shape index (κ3) is 3.07. The van der Waals surface area contributed by atoms with E-state index < -0.39 is 0 Å². The Kier molecular flexibility index (Phi) is 4.62. The number of amides is 1. The first-order chi connectivity index (χ1) is 17.2. The SMILES string of the molecule is CN(C)C(=O)c1cc2c3c(-c4ccc5c(cnn5C)c4)c(-c4cnn(C)c4)[nH]c3ncc2n(C)c1=O. The fourth-order valence-corrected chi connectivity index (χ4v) is 4.85. The molecule has 1 amide bonds. The molecule has 0 saturated carbocycles. The third-order valence-electron chi connectivity index (χ3n) is 6.69. The van der Waals surface area contributed by atoms with Gasteiger partial charge in [0.2, 0.25) is 0 Å². The molecular formula is C26H24N8O2. The number of aromatic amines is 1. The maximum Gasteiger partial charge on any atom is 0.263 e. The summed E-state index contributed by atoms with van der Waals surface area (Å²) in [6.07, 6.45) is 7.25. The highest BCUT2D eigenvalue weighted by Gasteiger charge is 2.23. The summed E-state index contributed by atoms with van der Waals surface area (Å²) in [6, 6.07) is 7.88. The van der Waals surface area contributed by atoms with Crippen LogP contribution >= 0.6 is 0 Å². The lowest BCUT2D eigenvalue weighted by Crippen LogP contribution is -2.31. The van der Waals surface area contributed by atoms with Crippen molar-refractivity contribution in [3.05, 3.63) is 65.0 Å². The molecule has 1 aromatic carbocycles. The van der Waals surface area contributed by atoms with Crippen LogP contribution in [0.5, 0.6) is 0 Å². The van der Waals surface area contributed by atoms with Gasteiger partial charge >= 0.3 is 0 Å². The van der Waals surface area contributed by atoms with Gasteiger partial charge in [0, 0.05) is 68.7 Å². The maximum atomic E-state index is 13.1. The van der Waals surface area contributed by atoms with Gasteiger partial charge in [-0.25, -0.2) is 4.98 Å². The molecule has 6 aromatic rings. The minimum atomic E-state index is -0.358. The van der Waals surface area contributed by atoms with Gasteiger partial charge in [-0.15, -0.1) is 0 Å². The van der Waals surface area contributed by atoms with Crippen molar-refractivity contribution in [3.63, 3.8) is 0 Å². The van der Waals surface area contributed by atoms with Crippen molar-refractivity contribution in [2.24, 2.45) is 21.1 Å². The van der Waals surface area contributed by atoms with E-state index in [1.165, 1.54) is 9.47 Å². The number of fused-ring (bicyclic) bond motifs is 4. The van der Waals surface area contributed by atoms with Crippen molar-refractivity contribution < 1.29 is 4.79 Å². The highest BCUT2D eigenvalue weighted by Crippen LogP contribution is 2.41. The van der Waals surface area contributed by atoms with Crippen molar-refractivity contribution in [2.45, 2.75) is 0 Å². The van der Waals surface area contributed by atoms with Crippen LogP contribution < -0.4 is 5.56 Å². The number of hydrogen-bond donors (Lipinski definition) is 1. The summed E-state index contributed by atoms with van der Waals surface area (Å²) in [4.78, 5) is 35.5. The van der Waals surface area contributed by atoms with Gasteiger partial charge in [-0.2, -0.15) is 10.2 Å². The standard InChI is InChI=1S/C26H24N8O2/c1-31(2)25(35)18-9-17-20(33(4)26(18)36)12-27-24-22(17)21(23(30-24)16-11-28-32(3)13-16)14-6-7-19-15(8-14)10-29-34(19)5/h6-13H,1-5H3,(H,27,30). The van der Waals surface area contributed by atoms with E-state index in [1.54, 1.807) is 44.3 Å². The predicted octanol–water partition coefficient (Wildman–Crippen LogP) is 3.07. The molecule has 36 heavy (non-hydrogen) atoms. The molecule has 5 aromatic heterocycles. The van der Waals surface area contributed by atoms with Crippen molar-refractivity contribution in [1.82, 2.24) is 39.0 Å². The topological polar surface area (TPSA) is 107 Å². The summed E-state index contributed by atoms with van der Waals surface area (Å²) in [6.45, 7) is 0. The number of nitrogens with zero attached hydrogens (tertiary/aromatic N) is 7. The number of rotatable bonds is 3. The molecule has 0 spiro atoms. The Morgan fingerprint density at radius 3 is 2.50 bits per heavy atom. The van der Waals surface area contributed by atoms with Gasteiger partial charge < -0.3 is 14.5 Å². The number of hydrogen-bond acceptors (Lipinski definition) is 5. The van der Waals surface area contributed by atoms with Crippen molar-refractivity contribution in [3.8, 4) is 22.4 Å². The van der Waals surface area contributed by atoms with Crippen LogP contribution in [0.4, 0.5) is 0 Å². The van der Waals surface area contributed by atoms with Gasteiger partial charge in [0.15, 0.2) is 0 Å². The van der Waals surface area contributed by atoms with Crippen LogP contribution in [-0.2, 0) is 21.1 Å². The Balaban J connectivity index is 1.77. The highest BCUT2D eigenvalue weighted by atomic mass is 16.2. The molecule has 5 heterocycles. The van der Waals surface area contributed by atoms with Crippen LogP contribution in [0.25, 0.3) is 55.2 Å². The van der Waals surface area contributed by atoms with E-state index in [0.717, 1.165) is 44.1 Å². The zero-order valence-corrected chi connectivity index (χ0v) is 20.6. The van der Waals surface area contributed by atoms with Crippen LogP contribution in [-0.4, -0.2) is 59.0 Å². The maximum absolute atomic E-state index is 13.1. The van der Waals surface area contributed by atoms with Crippen LogP contribution in [0, 0.1) is 0 Å². The fourth-order valence-electron chi connectivity index (χ4n) is 4.85. The first-order valence-corrected chi connectivity index (χ1v) is 11.4. The van der Waals surface area contributed by atoms with Gasteiger partial charge in [0.05, 0.1) is 35.3 Å². The van der Waals surface area contributed by atoms with Gasteiger partial charge in [-0.1, -0.05) is 6.07 Å². The molecule has 180 valence electrons. The zero-order valence-electron chi connectivity index (χ0n) is 20.6. The first-order valence-electron chi connectivity index (χ1n) is 11.4. The summed E-state index contributed by atoms with van der Waals surface area (Å²) in [5.41, 5.74) is 5.71. The normalized spacial score (nSPS) is 11.7. The van der Waals surface area contributed by atoms with Crippen molar-refractivity contribution in [2.75, 3.05) is 14.1 Å². The van der Waals surface area contributed by atoms with E-state index in [0.29, 0.717) is 11.2 Å². The molecule has 10 heteroatoms. The first kappa shape index (κ1) is 21.8. The average Bonchev–Trinajstić information content (AvgIpc) is 3.57. The molecule has 0 aliphatic heterocycles. The quantitative estimate of drug-likeness (QED) is 0.419. The van der Waals surface area contributed by atoms with Gasteiger partial charge in [0.25, 0.3) is 11.5 Å². The number of H-pyrrole nitrogens is 1. The Morgan fingerprint density at radius 2 is 1.78 bits per heavy atom. The highest BCUT2D eigenvalue weighted by molar-refractivity contribution is 6.16. The van der Waals surface area contributed by atoms with E-state index in [1.807, 2.05) is 37.2 Å². The fraction of sp³-hybridized carbons (Fsp3) is 0.192. The zero-order chi connectivity index (χ0) is 25.3. The molecule has 0 saturated heterocycles. The lowest BCUT2D eigenvalue weighted by atomic mass is 9.97. The number of carbonyl (C=O) groups excluding carboxylic acids is 1.